The molecule has 0 spiro atoms. The van der Waals surface area contributed by atoms with Crippen LogP contribution in [0.1, 0.15) is 27.7 Å². The first-order valence-electron chi connectivity index (χ1n) is 4.97. The van der Waals surface area contributed by atoms with Crippen LogP contribution in [-0.2, 0) is 19.2 Å². The summed E-state index contributed by atoms with van der Waals surface area (Å²) in [6.45, 7) is 5.17. The summed E-state index contributed by atoms with van der Waals surface area (Å²) in [6.07, 6.45) is 0. The van der Waals surface area contributed by atoms with Crippen molar-refractivity contribution >= 4 is 23.9 Å². The second-order valence-corrected chi connectivity index (χ2v) is 2.61. The number of carboxylic acids is 4. The van der Waals surface area contributed by atoms with Crippen LogP contribution in [0.5, 0.6) is 0 Å². The number of nitrogens with two attached hydrogens (primary N) is 1. The van der Waals surface area contributed by atoms with Gasteiger partial charge < -0.3 is 31.9 Å². The molecule has 0 aromatic carbocycles. The van der Waals surface area contributed by atoms with Crippen LogP contribution >= 0.6 is 0 Å². The number of carbonyl (C=O) groups is 4. The van der Waals surface area contributed by atoms with E-state index in [1.165, 1.54) is 0 Å². The molecule has 0 bridgehead atoms. The van der Waals surface area contributed by atoms with Gasteiger partial charge in [0, 0.05) is 27.7 Å². The zero-order valence-electron chi connectivity index (χ0n) is 12.9. The van der Waals surface area contributed by atoms with Crippen molar-refractivity contribution < 1.29 is 91.0 Å². The van der Waals surface area contributed by atoms with Gasteiger partial charge in [-0.05, 0) is 6.54 Å². The molecule has 0 aliphatic carbocycles. The smallest absolute Gasteiger partial charge is 0.676 e. The van der Waals surface area contributed by atoms with Crippen molar-refractivity contribution in [3.8, 4) is 0 Å². The van der Waals surface area contributed by atoms with Crippen molar-refractivity contribution in [2.45, 2.75) is 27.7 Å². The van der Waals surface area contributed by atoms with E-state index < -0.39 is 23.9 Å². The van der Waals surface area contributed by atoms with Crippen LogP contribution in [0.15, 0.2) is 0 Å². The molecule has 0 amide bonds. The molecule has 21 heavy (non-hydrogen) atoms. The summed E-state index contributed by atoms with van der Waals surface area (Å²) in [5.74, 6) is -3.33. The van der Waals surface area contributed by atoms with Crippen molar-refractivity contribution in [2.75, 3.05) is 13.1 Å². The van der Waals surface area contributed by atoms with Gasteiger partial charge in [0.15, 0.2) is 0 Å². The third kappa shape index (κ3) is 31000. The maximum absolute atomic E-state index is 9.00. The summed E-state index contributed by atoms with van der Waals surface area (Å²) in [7, 11) is 0. The van der Waals surface area contributed by atoms with Crippen molar-refractivity contribution in [2.24, 2.45) is 5.73 Å². The van der Waals surface area contributed by atoms with Crippen molar-refractivity contribution in [1.82, 2.24) is 0 Å². The number of rotatable bonds is 1. The SMILES string of the molecule is CC(=O)O.CC(=O)O.CC(=O)O.CC(=O)O.[K+].[NH-]CCN. The summed E-state index contributed by atoms with van der Waals surface area (Å²) < 4.78 is 0. The molecule has 0 fully saturated rings. The molecule has 10 nitrogen and oxygen atoms in total. The van der Waals surface area contributed by atoms with E-state index in [2.05, 4.69) is 0 Å². The minimum absolute atomic E-state index is 0. The second kappa shape index (κ2) is 36.6. The first-order chi connectivity index (χ1) is 8.84. The Morgan fingerprint density at radius 1 is 0.762 bits per heavy atom. The largest absolute Gasteiger partial charge is 1.00 e. The zero-order chi connectivity index (χ0) is 17.7. The maximum atomic E-state index is 9.00. The Balaban J connectivity index is -0.0000000331. The fourth-order valence-corrected chi connectivity index (χ4v) is 0. The fraction of sp³-hybridized carbons (Fsp3) is 0.600. The van der Waals surface area contributed by atoms with Gasteiger partial charge >= 0.3 is 51.4 Å². The quantitative estimate of drug-likeness (QED) is 0.317. The Morgan fingerprint density at radius 3 is 0.810 bits per heavy atom. The molecule has 11 heteroatoms. The van der Waals surface area contributed by atoms with E-state index in [0.29, 0.717) is 13.1 Å². The van der Waals surface area contributed by atoms with Crippen LogP contribution in [0, 0.1) is 0 Å². The molecule has 0 rings (SSSR count). The molecule has 0 aromatic rings. The van der Waals surface area contributed by atoms with E-state index in [4.69, 9.17) is 51.1 Å². The van der Waals surface area contributed by atoms with Gasteiger partial charge in [-0.3, -0.25) is 19.2 Å². The summed E-state index contributed by atoms with van der Waals surface area (Å²) >= 11 is 0. The second-order valence-electron chi connectivity index (χ2n) is 2.61. The van der Waals surface area contributed by atoms with Gasteiger partial charge in [0.05, 0.1) is 0 Å². The minimum Gasteiger partial charge on any atom is -0.676 e. The van der Waals surface area contributed by atoms with E-state index >= 15 is 0 Å². The topological polar surface area (TPSA) is 199 Å². The van der Waals surface area contributed by atoms with Crippen LogP contribution in [0.2, 0.25) is 0 Å². The summed E-state index contributed by atoms with van der Waals surface area (Å²) in [4.78, 5) is 36.0. The average Bonchev–Trinajstić information content (AvgIpc) is 2.13. The van der Waals surface area contributed by atoms with Crippen LogP contribution in [0.4, 0.5) is 0 Å². The molecular weight excluding hydrogens is 315 g/mol. The van der Waals surface area contributed by atoms with Crippen LogP contribution in [-0.4, -0.2) is 57.4 Å². The van der Waals surface area contributed by atoms with Gasteiger partial charge in [-0.25, -0.2) is 0 Å². The first kappa shape index (κ1) is 37.0. The first-order valence-corrected chi connectivity index (χ1v) is 4.97. The number of carboxylic acid groups (broad SMARTS) is 4. The number of hydrogen-bond acceptors (Lipinski definition) is 5. The van der Waals surface area contributed by atoms with E-state index in [1.54, 1.807) is 0 Å². The van der Waals surface area contributed by atoms with Crippen molar-refractivity contribution in [1.29, 1.82) is 0 Å². The third-order valence-electron chi connectivity index (χ3n) is 0.144. The Kier molecular flexibility index (Phi) is 64.6. The fourth-order valence-electron chi connectivity index (χ4n) is 0. The average molecular weight is 338 g/mol. The van der Waals surface area contributed by atoms with Gasteiger partial charge in [0.25, 0.3) is 23.9 Å². The number of hydrogen-bond donors (Lipinski definition) is 5. The molecule has 0 aromatic heterocycles. The molecule has 0 saturated heterocycles. The normalized spacial score (nSPS) is 6.19. The number of nitrogens with one attached hydrogen (secondary N) is 1. The van der Waals surface area contributed by atoms with Gasteiger partial charge in [0.1, 0.15) is 0 Å². The van der Waals surface area contributed by atoms with Gasteiger partial charge in [-0.1, -0.05) is 0 Å². The minimum atomic E-state index is -0.833. The summed E-state index contributed by atoms with van der Waals surface area (Å²) in [5.41, 5.74) is 11.2. The Labute approximate surface area is 165 Å². The van der Waals surface area contributed by atoms with E-state index in [-0.39, 0.29) is 51.4 Å². The summed E-state index contributed by atoms with van der Waals surface area (Å²) in [6, 6.07) is 0. The molecule has 0 aliphatic heterocycles. The van der Waals surface area contributed by atoms with E-state index in [1.807, 2.05) is 0 Å². The molecule has 0 unspecified atom stereocenters. The van der Waals surface area contributed by atoms with Crippen LogP contribution in [0.3, 0.4) is 0 Å². The monoisotopic (exact) mass is 338 g/mol. The molecule has 0 saturated carbocycles. The standard InChI is InChI=1S/C2H7N2.4C2H4O2.K/c3-1-2-4;4*1-2(3)4;/h3H,1-2,4H2;4*1H3,(H,3,4);/q-1;;;;;+1. The van der Waals surface area contributed by atoms with Crippen molar-refractivity contribution in [3.05, 3.63) is 5.73 Å². The molecule has 0 atom stereocenters. The van der Waals surface area contributed by atoms with Crippen molar-refractivity contribution in [3.63, 3.8) is 0 Å². The summed E-state index contributed by atoms with van der Waals surface area (Å²) in [5, 5.41) is 29.7. The van der Waals surface area contributed by atoms with E-state index in [0.717, 1.165) is 27.7 Å². The van der Waals surface area contributed by atoms with Gasteiger partial charge in [-0.15, -0.1) is 6.54 Å². The third-order valence-corrected chi connectivity index (χ3v) is 0.144. The predicted octanol–water partition coefficient (Wildman–Crippen LogP) is -2.64. The van der Waals surface area contributed by atoms with Crippen LogP contribution in [0.25, 0.3) is 5.73 Å². The molecule has 0 aliphatic rings. The van der Waals surface area contributed by atoms with Crippen LogP contribution < -0.4 is 57.1 Å². The Morgan fingerprint density at radius 2 is 0.810 bits per heavy atom. The zero-order valence-corrected chi connectivity index (χ0v) is 16.0. The maximum Gasteiger partial charge on any atom is 1.00 e. The Hall–Kier alpha value is -0.564. The van der Waals surface area contributed by atoms with Gasteiger partial charge in [-0.2, -0.15) is 0 Å². The Bertz CT molecular complexity index is 195. The number of aliphatic carboxylic acids is 4. The predicted molar refractivity (Wildman–Crippen MR) is 71.5 cm³/mol. The van der Waals surface area contributed by atoms with E-state index in [9.17, 15) is 0 Å². The molecule has 0 radical (unpaired) electrons. The molecular formula is C10H23KN2O8. The molecule has 0 heterocycles. The van der Waals surface area contributed by atoms with Gasteiger partial charge in [0.2, 0.25) is 0 Å². The molecule has 7 N–H and O–H groups in total. The molecule has 122 valence electrons.